The van der Waals surface area contributed by atoms with E-state index in [-0.39, 0.29) is 11.8 Å². The Morgan fingerprint density at radius 2 is 2.04 bits per heavy atom. The first-order valence-corrected chi connectivity index (χ1v) is 9.48. The molecule has 0 saturated carbocycles. The van der Waals surface area contributed by atoms with Crippen LogP contribution in [0.15, 0.2) is 65.4 Å². The summed E-state index contributed by atoms with van der Waals surface area (Å²) in [5.74, 6) is -0.337. The first-order chi connectivity index (χ1) is 13.5. The minimum Gasteiger partial charge on any atom is -0.507 e. The van der Waals surface area contributed by atoms with E-state index >= 15 is 0 Å². The van der Waals surface area contributed by atoms with Crippen LogP contribution >= 0.6 is 15.9 Å². The van der Waals surface area contributed by atoms with E-state index in [9.17, 15) is 9.90 Å². The number of phenols is 1. The Morgan fingerprint density at radius 1 is 1.21 bits per heavy atom. The summed E-state index contributed by atoms with van der Waals surface area (Å²) in [6.07, 6.45) is 3.39. The highest BCUT2D eigenvalue weighted by molar-refractivity contribution is 9.10. The molecule has 1 unspecified atom stereocenters. The smallest absolute Gasteiger partial charge is 0.251 e. The highest BCUT2D eigenvalue weighted by atomic mass is 79.9. The number of nitrogens with two attached hydrogens (primary N) is 1. The number of nitrogens with one attached hydrogen (secondary N) is 1. The maximum Gasteiger partial charge on any atom is 0.251 e. The lowest BCUT2D eigenvalue weighted by atomic mass is 9.96. The molecule has 138 valence electrons. The van der Waals surface area contributed by atoms with Gasteiger partial charge in [-0.2, -0.15) is 5.10 Å². The van der Waals surface area contributed by atoms with Crippen LogP contribution in [-0.4, -0.2) is 20.6 Å². The van der Waals surface area contributed by atoms with E-state index in [1.807, 2.05) is 48.7 Å². The van der Waals surface area contributed by atoms with Crippen LogP contribution < -0.4 is 11.1 Å². The number of aromatic nitrogens is 2. The van der Waals surface area contributed by atoms with Crippen molar-refractivity contribution in [2.45, 2.75) is 6.04 Å². The molecule has 1 aliphatic heterocycles. The Morgan fingerprint density at radius 3 is 2.82 bits per heavy atom. The third kappa shape index (κ3) is 2.40. The van der Waals surface area contributed by atoms with Gasteiger partial charge in [0.1, 0.15) is 5.75 Å². The Hall–Kier alpha value is -3.32. The first-order valence-electron chi connectivity index (χ1n) is 8.69. The van der Waals surface area contributed by atoms with E-state index in [4.69, 9.17) is 5.73 Å². The van der Waals surface area contributed by atoms with Gasteiger partial charge < -0.3 is 16.2 Å². The Labute approximate surface area is 168 Å². The van der Waals surface area contributed by atoms with Crippen LogP contribution in [0, 0.1) is 0 Å². The monoisotopic (exact) mass is 434 g/mol. The van der Waals surface area contributed by atoms with Gasteiger partial charge in [-0.3, -0.25) is 4.79 Å². The fraction of sp³-hybridized carbons (Fsp3) is 0.0476. The van der Waals surface area contributed by atoms with E-state index < -0.39 is 5.91 Å². The van der Waals surface area contributed by atoms with Gasteiger partial charge >= 0.3 is 0 Å². The molecular weight excluding hydrogens is 420 g/mol. The number of nitrogens with zero attached hydrogens (tertiary/aromatic N) is 2. The normalized spacial score (nSPS) is 15.0. The third-order valence-electron chi connectivity index (χ3n) is 5.09. The summed E-state index contributed by atoms with van der Waals surface area (Å²) in [5, 5.41) is 17.9. The molecule has 0 fully saturated rings. The number of carbonyl (C=O) groups is 1. The molecule has 1 atom stereocenters. The van der Waals surface area contributed by atoms with Gasteiger partial charge in [0, 0.05) is 28.6 Å². The predicted molar refractivity (Wildman–Crippen MR) is 110 cm³/mol. The van der Waals surface area contributed by atoms with Crippen LogP contribution in [0.1, 0.15) is 27.5 Å². The number of para-hydroxylation sites is 1. The number of hydrogen-bond donors (Lipinski definition) is 3. The standard InChI is InChI=1S/C21H15BrN4O2/c22-15-9-11(5-6-17(15)27)19-13-7-8-26-20(13)18(14(10-24-26)21(23)28)12-3-1-2-4-16(12)25-19/h1-10,19,25,27H,(H2,23,28). The van der Waals surface area contributed by atoms with Crippen LogP contribution in [0.4, 0.5) is 5.69 Å². The lowest BCUT2D eigenvalue weighted by Gasteiger charge is -2.20. The molecule has 0 aliphatic carbocycles. The van der Waals surface area contributed by atoms with Crippen molar-refractivity contribution in [1.29, 1.82) is 0 Å². The summed E-state index contributed by atoms with van der Waals surface area (Å²) >= 11 is 3.40. The van der Waals surface area contributed by atoms with Crippen molar-refractivity contribution in [3.63, 3.8) is 0 Å². The van der Waals surface area contributed by atoms with Crippen molar-refractivity contribution >= 4 is 33.0 Å². The summed E-state index contributed by atoms with van der Waals surface area (Å²) in [6.45, 7) is 0. The maximum absolute atomic E-state index is 12.2. The average molecular weight is 435 g/mol. The lowest BCUT2D eigenvalue weighted by Crippen LogP contribution is -2.14. The van der Waals surface area contributed by atoms with Crippen LogP contribution in [-0.2, 0) is 0 Å². The Kier molecular flexibility index (Phi) is 3.67. The number of amides is 1. The molecule has 4 N–H and O–H groups in total. The van der Waals surface area contributed by atoms with E-state index in [1.54, 1.807) is 10.6 Å². The number of anilines is 1. The van der Waals surface area contributed by atoms with Gasteiger partial charge in [-0.15, -0.1) is 0 Å². The quantitative estimate of drug-likeness (QED) is 0.443. The molecule has 6 nitrogen and oxygen atoms in total. The summed E-state index contributed by atoms with van der Waals surface area (Å²) in [6, 6.07) is 15.0. The molecule has 2 aromatic carbocycles. The number of carbonyl (C=O) groups excluding carboxylic acids is 1. The van der Waals surface area contributed by atoms with Crippen LogP contribution in [0.3, 0.4) is 0 Å². The number of fused-ring (bicyclic) bond motifs is 2. The summed E-state index contributed by atoms with van der Waals surface area (Å²) < 4.78 is 2.38. The van der Waals surface area contributed by atoms with Crippen molar-refractivity contribution in [3.05, 3.63) is 82.1 Å². The van der Waals surface area contributed by atoms with Crippen molar-refractivity contribution in [2.24, 2.45) is 5.73 Å². The number of rotatable bonds is 2. The Balaban J connectivity index is 1.88. The molecule has 28 heavy (non-hydrogen) atoms. The van der Waals surface area contributed by atoms with Gasteiger partial charge in [-0.25, -0.2) is 4.52 Å². The molecule has 0 bridgehead atoms. The minimum absolute atomic E-state index is 0.179. The van der Waals surface area contributed by atoms with Gasteiger partial charge in [0.15, 0.2) is 0 Å². The molecule has 1 aliphatic rings. The second kappa shape index (κ2) is 6.10. The van der Waals surface area contributed by atoms with Gasteiger partial charge in [0.25, 0.3) is 5.91 Å². The molecule has 0 radical (unpaired) electrons. The number of halogens is 1. The molecule has 4 aromatic rings. The number of primary amides is 1. The van der Waals surface area contributed by atoms with Crippen molar-refractivity contribution in [1.82, 2.24) is 9.61 Å². The molecule has 1 amide bonds. The van der Waals surface area contributed by atoms with Gasteiger partial charge in [0.05, 0.1) is 27.8 Å². The van der Waals surface area contributed by atoms with Crippen molar-refractivity contribution < 1.29 is 9.90 Å². The van der Waals surface area contributed by atoms with Crippen molar-refractivity contribution in [3.8, 4) is 16.9 Å². The summed E-state index contributed by atoms with van der Waals surface area (Å²) in [5.41, 5.74) is 11.4. The van der Waals surface area contributed by atoms with E-state index in [2.05, 4.69) is 26.3 Å². The summed E-state index contributed by atoms with van der Waals surface area (Å²) in [4.78, 5) is 12.2. The second-order valence-corrected chi connectivity index (χ2v) is 7.55. The molecule has 0 spiro atoms. The van der Waals surface area contributed by atoms with Crippen molar-refractivity contribution in [2.75, 3.05) is 5.32 Å². The zero-order chi connectivity index (χ0) is 19.4. The van der Waals surface area contributed by atoms with Gasteiger partial charge in [-0.05, 0) is 45.8 Å². The summed E-state index contributed by atoms with van der Waals surface area (Å²) in [7, 11) is 0. The van der Waals surface area contributed by atoms with Gasteiger partial charge in [0.2, 0.25) is 0 Å². The number of hydrogen-bond acceptors (Lipinski definition) is 4. The molecule has 0 saturated heterocycles. The molecule has 3 heterocycles. The fourth-order valence-corrected chi connectivity index (χ4v) is 4.22. The van der Waals surface area contributed by atoms with E-state index in [0.29, 0.717) is 10.0 Å². The zero-order valence-electron chi connectivity index (χ0n) is 14.6. The fourth-order valence-electron chi connectivity index (χ4n) is 3.82. The number of benzene rings is 2. The topological polar surface area (TPSA) is 92.7 Å². The molecular formula is C21H15BrN4O2. The second-order valence-electron chi connectivity index (χ2n) is 6.70. The third-order valence-corrected chi connectivity index (χ3v) is 5.73. The van der Waals surface area contributed by atoms with Crippen LogP contribution in [0.5, 0.6) is 5.75 Å². The van der Waals surface area contributed by atoms with Crippen LogP contribution in [0.2, 0.25) is 0 Å². The predicted octanol–water partition coefficient (Wildman–Crippen LogP) is 4.08. The SMILES string of the molecule is NC(=O)c1cnn2ccc3c2c1-c1ccccc1NC3c1ccc(O)c(Br)c1. The highest BCUT2D eigenvalue weighted by Gasteiger charge is 2.28. The van der Waals surface area contributed by atoms with Gasteiger partial charge in [-0.1, -0.05) is 24.3 Å². The van der Waals surface area contributed by atoms with E-state index in [1.165, 1.54) is 6.20 Å². The number of aromatic hydroxyl groups is 1. The highest BCUT2D eigenvalue weighted by Crippen LogP contribution is 2.44. The first kappa shape index (κ1) is 16.8. The largest absolute Gasteiger partial charge is 0.507 e. The molecule has 5 rings (SSSR count). The zero-order valence-corrected chi connectivity index (χ0v) is 16.1. The van der Waals surface area contributed by atoms with Crippen LogP contribution in [0.25, 0.3) is 16.6 Å². The number of phenolic OH excluding ortho intramolecular Hbond substituents is 1. The lowest BCUT2D eigenvalue weighted by molar-refractivity contribution is 0.100. The average Bonchev–Trinajstić information content (AvgIpc) is 3.05. The Bertz CT molecular complexity index is 1260. The molecule has 2 aromatic heterocycles. The van der Waals surface area contributed by atoms with E-state index in [0.717, 1.165) is 33.5 Å². The minimum atomic E-state index is -0.516. The molecule has 7 heteroatoms. The maximum atomic E-state index is 12.2.